The first kappa shape index (κ1) is 22.0. The van der Waals surface area contributed by atoms with Gasteiger partial charge in [-0.3, -0.25) is 19.2 Å². The maximum atomic E-state index is 12.8. The van der Waals surface area contributed by atoms with Crippen LogP contribution in [0.5, 0.6) is 0 Å². The Morgan fingerprint density at radius 2 is 1.88 bits per heavy atom. The number of fused-ring (bicyclic) bond motifs is 3. The molecule has 2 aromatic heterocycles. The van der Waals surface area contributed by atoms with Crippen molar-refractivity contribution in [3.8, 4) is 0 Å². The third-order valence-corrected chi connectivity index (χ3v) is 5.43. The van der Waals surface area contributed by atoms with Gasteiger partial charge in [0.25, 0.3) is 17.7 Å². The molecule has 4 rings (SSSR count). The van der Waals surface area contributed by atoms with Gasteiger partial charge in [0.15, 0.2) is 0 Å². The largest absolute Gasteiger partial charge is 0.355 e. The van der Waals surface area contributed by atoms with Gasteiger partial charge in [0.1, 0.15) is 11.4 Å². The number of hydrogen-bond acceptors (Lipinski definition) is 5. The summed E-state index contributed by atoms with van der Waals surface area (Å²) >= 11 is 0. The topological polar surface area (TPSA) is 145 Å². The van der Waals surface area contributed by atoms with E-state index in [-0.39, 0.29) is 41.8 Å². The van der Waals surface area contributed by atoms with E-state index in [1.165, 1.54) is 19.2 Å². The Balaban J connectivity index is 1.44. The number of benzene rings is 1. The second kappa shape index (κ2) is 9.11. The van der Waals surface area contributed by atoms with E-state index in [1.54, 1.807) is 24.3 Å². The van der Waals surface area contributed by atoms with Crippen LogP contribution in [0.3, 0.4) is 0 Å². The maximum absolute atomic E-state index is 12.8. The van der Waals surface area contributed by atoms with Crippen molar-refractivity contribution in [2.24, 2.45) is 0 Å². The van der Waals surface area contributed by atoms with Crippen LogP contribution in [0.2, 0.25) is 0 Å². The third kappa shape index (κ3) is 4.69. The average molecular weight is 448 g/mol. The second-order valence-electron chi connectivity index (χ2n) is 7.91. The minimum absolute atomic E-state index is 0.130. The Hall–Kier alpha value is -4.21. The highest BCUT2D eigenvalue weighted by atomic mass is 16.2. The molecule has 1 unspecified atom stereocenters. The van der Waals surface area contributed by atoms with Gasteiger partial charge in [0, 0.05) is 48.9 Å². The van der Waals surface area contributed by atoms with Gasteiger partial charge in [-0.15, -0.1) is 0 Å². The van der Waals surface area contributed by atoms with Gasteiger partial charge in [-0.05, 0) is 35.9 Å². The summed E-state index contributed by atoms with van der Waals surface area (Å²) in [6, 6.07) is 8.35. The molecular formula is C23H24N6O4. The van der Waals surface area contributed by atoms with Crippen molar-refractivity contribution in [3.63, 3.8) is 0 Å². The molecule has 0 bridgehead atoms. The minimum Gasteiger partial charge on any atom is -0.355 e. The SMILES string of the molecule is CC(=O)NCCNC(=O)c1ccc(NC(=O)c2ccc3[nH]c4c(c3c2)C(C)CNC4=O)cn1. The normalized spacial score (nSPS) is 14.8. The van der Waals surface area contributed by atoms with Crippen LogP contribution < -0.4 is 21.3 Å². The lowest BCUT2D eigenvalue weighted by Crippen LogP contribution is -2.34. The predicted molar refractivity (Wildman–Crippen MR) is 122 cm³/mol. The van der Waals surface area contributed by atoms with Gasteiger partial charge in [-0.1, -0.05) is 6.92 Å². The van der Waals surface area contributed by atoms with E-state index in [4.69, 9.17) is 0 Å². The molecular weight excluding hydrogens is 424 g/mol. The number of anilines is 1. The first-order valence-corrected chi connectivity index (χ1v) is 10.6. The monoisotopic (exact) mass is 448 g/mol. The molecule has 10 heteroatoms. The molecule has 170 valence electrons. The molecule has 4 amide bonds. The first-order chi connectivity index (χ1) is 15.8. The van der Waals surface area contributed by atoms with Gasteiger partial charge in [0.2, 0.25) is 5.91 Å². The summed E-state index contributed by atoms with van der Waals surface area (Å²) in [7, 11) is 0. The quantitative estimate of drug-likeness (QED) is 0.363. The van der Waals surface area contributed by atoms with Gasteiger partial charge in [-0.2, -0.15) is 0 Å². The van der Waals surface area contributed by atoms with Crippen LogP contribution in [0, 0.1) is 0 Å². The van der Waals surface area contributed by atoms with Crippen LogP contribution in [0.4, 0.5) is 5.69 Å². The smallest absolute Gasteiger partial charge is 0.269 e. The molecule has 3 aromatic rings. The molecule has 33 heavy (non-hydrogen) atoms. The number of amides is 4. The molecule has 0 aliphatic carbocycles. The van der Waals surface area contributed by atoms with Crippen molar-refractivity contribution in [3.05, 3.63) is 59.0 Å². The zero-order valence-electron chi connectivity index (χ0n) is 18.2. The lowest BCUT2D eigenvalue weighted by atomic mass is 9.93. The highest BCUT2D eigenvalue weighted by molar-refractivity contribution is 6.08. The van der Waals surface area contributed by atoms with E-state index in [2.05, 4.69) is 31.2 Å². The fraction of sp³-hybridized carbons (Fsp3) is 0.261. The summed E-state index contributed by atoms with van der Waals surface area (Å²) in [5.41, 5.74) is 3.34. The number of nitrogens with one attached hydrogen (secondary N) is 5. The number of rotatable bonds is 6. The molecule has 0 saturated carbocycles. The Labute approximate surface area is 189 Å². The van der Waals surface area contributed by atoms with E-state index >= 15 is 0 Å². The minimum atomic E-state index is -0.376. The number of carbonyl (C=O) groups is 4. The zero-order chi connectivity index (χ0) is 23.5. The summed E-state index contributed by atoms with van der Waals surface area (Å²) in [6.45, 7) is 4.59. The first-order valence-electron chi connectivity index (χ1n) is 10.6. The fourth-order valence-electron chi connectivity index (χ4n) is 3.79. The van der Waals surface area contributed by atoms with Gasteiger partial charge >= 0.3 is 0 Å². The Morgan fingerprint density at radius 1 is 1.09 bits per heavy atom. The molecule has 1 atom stereocenters. The van der Waals surface area contributed by atoms with Crippen molar-refractivity contribution >= 4 is 40.2 Å². The number of aromatic amines is 1. The molecule has 1 aliphatic rings. The second-order valence-corrected chi connectivity index (χ2v) is 7.91. The highest BCUT2D eigenvalue weighted by Gasteiger charge is 2.27. The average Bonchev–Trinajstić information content (AvgIpc) is 3.19. The standard InChI is InChI=1S/C23H24N6O4/c1-12-10-27-23(33)20-19(12)16-9-14(3-5-17(16)29-20)21(31)28-15-4-6-18(26-11-15)22(32)25-8-7-24-13(2)30/h3-6,9,11-12,29H,7-8,10H2,1-2H3,(H,24,30)(H,25,32)(H,27,33)(H,28,31). The Kier molecular flexibility index (Phi) is 6.07. The fourth-order valence-corrected chi connectivity index (χ4v) is 3.79. The van der Waals surface area contributed by atoms with Gasteiger partial charge < -0.3 is 26.3 Å². The van der Waals surface area contributed by atoms with Crippen LogP contribution in [0.15, 0.2) is 36.5 Å². The van der Waals surface area contributed by atoms with Gasteiger partial charge in [0.05, 0.1) is 11.9 Å². The van der Waals surface area contributed by atoms with Crippen molar-refractivity contribution in [2.45, 2.75) is 19.8 Å². The third-order valence-electron chi connectivity index (χ3n) is 5.43. The van der Waals surface area contributed by atoms with E-state index in [9.17, 15) is 19.2 Å². The van der Waals surface area contributed by atoms with Crippen LogP contribution >= 0.6 is 0 Å². The van der Waals surface area contributed by atoms with Crippen molar-refractivity contribution < 1.29 is 19.2 Å². The Bertz CT molecular complexity index is 1250. The highest BCUT2D eigenvalue weighted by Crippen LogP contribution is 2.32. The number of hydrogen-bond donors (Lipinski definition) is 5. The summed E-state index contributed by atoms with van der Waals surface area (Å²) in [6.07, 6.45) is 1.41. The molecule has 0 fully saturated rings. The molecule has 1 aliphatic heterocycles. The molecule has 10 nitrogen and oxygen atoms in total. The van der Waals surface area contributed by atoms with Crippen molar-refractivity contribution in [1.82, 2.24) is 25.9 Å². The van der Waals surface area contributed by atoms with Gasteiger partial charge in [-0.25, -0.2) is 4.98 Å². The van der Waals surface area contributed by atoms with Crippen LogP contribution in [0.25, 0.3) is 10.9 Å². The van der Waals surface area contributed by atoms with Crippen molar-refractivity contribution in [1.29, 1.82) is 0 Å². The van der Waals surface area contributed by atoms with E-state index in [1.807, 2.05) is 6.92 Å². The van der Waals surface area contributed by atoms with Crippen molar-refractivity contribution in [2.75, 3.05) is 25.0 Å². The summed E-state index contributed by atoms with van der Waals surface area (Å²) < 4.78 is 0. The number of pyridine rings is 1. The van der Waals surface area contributed by atoms with E-state index in [0.29, 0.717) is 30.0 Å². The van der Waals surface area contributed by atoms with Crippen LogP contribution in [-0.4, -0.2) is 53.2 Å². The Morgan fingerprint density at radius 3 is 2.61 bits per heavy atom. The van der Waals surface area contributed by atoms with Crippen LogP contribution in [-0.2, 0) is 4.79 Å². The number of carbonyl (C=O) groups excluding carboxylic acids is 4. The number of H-pyrrole nitrogens is 1. The van der Waals surface area contributed by atoms with Crippen LogP contribution in [0.1, 0.15) is 56.7 Å². The summed E-state index contributed by atoms with van der Waals surface area (Å²) in [5, 5.41) is 11.7. The molecule has 3 heterocycles. The predicted octanol–water partition coefficient (Wildman–Crippen LogP) is 1.53. The zero-order valence-corrected chi connectivity index (χ0v) is 18.2. The van der Waals surface area contributed by atoms with E-state index < -0.39 is 0 Å². The van der Waals surface area contributed by atoms with E-state index in [0.717, 1.165) is 16.5 Å². The molecule has 1 aromatic carbocycles. The molecule has 0 saturated heterocycles. The molecule has 5 N–H and O–H groups in total. The molecule has 0 radical (unpaired) electrons. The number of aromatic nitrogens is 2. The summed E-state index contributed by atoms with van der Waals surface area (Å²) in [4.78, 5) is 55.1. The maximum Gasteiger partial charge on any atom is 0.269 e. The summed E-state index contributed by atoms with van der Waals surface area (Å²) in [5.74, 6) is -0.882. The molecule has 0 spiro atoms. The lowest BCUT2D eigenvalue weighted by molar-refractivity contribution is -0.118. The lowest BCUT2D eigenvalue weighted by Gasteiger charge is -2.19. The number of nitrogens with zero attached hydrogens (tertiary/aromatic N) is 1.